The summed E-state index contributed by atoms with van der Waals surface area (Å²) in [6.45, 7) is 8.86. The lowest BCUT2D eigenvalue weighted by molar-refractivity contribution is 0.0682. The third-order valence-electron chi connectivity index (χ3n) is 8.26. The highest BCUT2D eigenvalue weighted by Gasteiger charge is 2.22. The Morgan fingerprint density at radius 3 is 2.85 bits per heavy atom. The van der Waals surface area contributed by atoms with E-state index in [1.807, 2.05) is 31.5 Å². The maximum Gasteiger partial charge on any atom is 0.134 e. The molecule has 41 heavy (non-hydrogen) atoms. The summed E-state index contributed by atoms with van der Waals surface area (Å²) in [5.41, 5.74) is 7.51. The van der Waals surface area contributed by atoms with Crippen LogP contribution in [0.1, 0.15) is 61.8 Å². The van der Waals surface area contributed by atoms with Crippen molar-refractivity contribution in [3.63, 3.8) is 0 Å². The first-order valence-corrected chi connectivity index (χ1v) is 16.8. The average Bonchev–Trinajstić information content (AvgIpc) is 3.54. The van der Waals surface area contributed by atoms with Gasteiger partial charge in [-0.3, -0.25) is 4.21 Å². The van der Waals surface area contributed by atoms with Crippen molar-refractivity contribution in [1.29, 1.82) is 0 Å². The van der Waals surface area contributed by atoms with E-state index in [9.17, 15) is 4.21 Å². The van der Waals surface area contributed by atoms with E-state index in [1.54, 1.807) is 0 Å². The monoisotopic (exact) mass is 635 g/mol. The van der Waals surface area contributed by atoms with Crippen LogP contribution in [-0.2, 0) is 27.8 Å². The molecule has 4 aromatic rings. The van der Waals surface area contributed by atoms with E-state index >= 15 is 0 Å². The van der Waals surface area contributed by atoms with E-state index in [0.29, 0.717) is 11.7 Å². The average molecular weight is 637 g/mol. The zero-order valence-corrected chi connectivity index (χ0v) is 26.3. The molecule has 0 radical (unpaired) electrons. The quantitative estimate of drug-likeness (QED) is 0.223. The highest BCUT2D eigenvalue weighted by Crippen LogP contribution is 2.34. The van der Waals surface area contributed by atoms with E-state index in [2.05, 4.69) is 66.6 Å². The second-order valence-corrected chi connectivity index (χ2v) is 13.6. The first-order chi connectivity index (χ1) is 20.0. The van der Waals surface area contributed by atoms with Gasteiger partial charge < -0.3 is 19.2 Å². The van der Waals surface area contributed by atoms with Crippen molar-refractivity contribution in [3.8, 4) is 0 Å². The van der Waals surface area contributed by atoms with Gasteiger partial charge in [0.05, 0.1) is 45.3 Å². The van der Waals surface area contributed by atoms with Crippen molar-refractivity contribution in [1.82, 2.24) is 19.5 Å². The van der Waals surface area contributed by atoms with Gasteiger partial charge in [0.1, 0.15) is 5.82 Å². The topological polar surface area (TPSA) is 76.0 Å². The van der Waals surface area contributed by atoms with Crippen LogP contribution in [0.25, 0.3) is 22.7 Å². The first-order valence-electron chi connectivity index (χ1n) is 14.7. The summed E-state index contributed by atoms with van der Waals surface area (Å²) >= 11 is 3.70. The summed E-state index contributed by atoms with van der Waals surface area (Å²) < 4.78 is 22.2. The smallest absolute Gasteiger partial charge is 0.134 e. The summed E-state index contributed by atoms with van der Waals surface area (Å²) in [7, 11) is -1.18. The van der Waals surface area contributed by atoms with Crippen molar-refractivity contribution >= 4 is 55.1 Å². The van der Waals surface area contributed by atoms with Crippen LogP contribution in [-0.4, -0.2) is 50.0 Å². The molecule has 0 bridgehead atoms. The summed E-state index contributed by atoms with van der Waals surface area (Å²) in [6.07, 6.45) is 9.44. The van der Waals surface area contributed by atoms with Crippen LogP contribution in [0.2, 0.25) is 0 Å². The molecule has 1 saturated heterocycles. The van der Waals surface area contributed by atoms with Gasteiger partial charge in [-0.1, -0.05) is 22.9 Å². The van der Waals surface area contributed by atoms with E-state index in [-0.39, 0.29) is 0 Å². The number of fused-ring (bicyclic) bond motifs is 2. The molecular weight excluding hydrogens is 598 g/mol. The first kappa shape index (κ1) is 28.4. The molecule has 0 spiro atoms. The Labute approximate surface area is 253 Å². The van der Waals surface area contributed by atoms with Gasteiger partial charge in [0.25, 0.3) is 0 Å². The number of benzene rings is 2. The molecule has 216 valence electrons. The number of aromatic amines is 1. The fraction of sp³-hybridized carbons (Fsp3) is 0.438. The molecule has 0 amide bonds. The number of anilines is 1. The highest BCUT2D eigenvalue weighted by atomic mass is 79.9. The molecule has 0 aliphatic carbocycles. The SMILES string of the molecule is CCCn1cnc(C)c1CS(=O)c1ccc2nc(/C3=C/c4cc(Br)ccc4N(CC4CCOCC4)CCC3)[nH]c2c1. The summed E-state index contributed by atoms with van der Waals surface area (Å²) in [4.78, 5) is 16.4. The van der Waals surface area contributed by atoms with Gasteiger partial charge >= 0.3 is 0 Å². The third-order valence-corrected chi connectivity index (χ3v) is 10.1. The standard InChI is InChI=1S/C32H38BrN5O2S/c1-3-12-38-21-34-22(2)31(38)20-41(39)27-7-8-28-29(18-27)36-32(35-28)24-5-4-13-37(19-23-10-14-40-15-11-23)30-9-6-26(33)17-25(30)16-24/h6-9,16-18,21,23H,3-5,10-15,19-20H2,1-2H3,(H,35,36)/b24-16+. The van der Waals surface area contributed by atoms with Gasteiger partial charge in [0.15, 0.2) is 0 Å². The van der Waals surface area contributed by atoms with Gasteiger partial charge in [-0.2, -0.15) is 0 Å². The van der Waals surface area contributed by atoms with Crippen LogP contribution in [0.5, 0.6) is 0 Å². The number of rotatable bonds is 8. The molecule has 2 aromatic carbocycles. The van der Waals surface area contributed by atoms with Gasteiger partial charge in [0.2, 0.25) is 0 Å². The number of imidazole rings is 2. The Kier molecular flexibility index (Phi) is 8.74. The minimum absolute atomic E-state index is 0.458. The maximum absolute atomic E-state index is 13.4. The maximum atomic E-state index is 13.4. The molecule has 1 atom stereocenters. The number of aryl methyl sites for hydroxylation is 2. The second kappa shape index (κ2) is 12.6. The second-order valence-electron chi connectivity index (χ2n) is 11.2. The van der Waals surface area contributed by atoms with E-state index in [1.165, 1.54) is 16.8 Å². The Bertz CT molecular complexity index is 1590. The minimum atomic E-state index is -1.18. The summed E-state index contributed by atoms with van der Waals surface area (Å²) in [6, 6.07) is 12.5. The number of halogens is 1. The largest absolute Gasteiger partial charge is 0.381 e. The lowest BCUT2D eigenvalue weighted by Gasteiger charge is -2.33. The lowest BCUT2D eigenvalue weighted by Crippen LogP contribution is -2.34. The van der Waals surface area contributed by atoms with Gasteiger partial charge in [-0.15, -0.1) is 0 Å². The Hall–Kier alpha value is -2.75. The zero-order chi connectivity index (χ0) is 28.3. The molecule has 7 nitrogen and oxygen atoms in total. The molecule has 0 saturated carbocycles. The molecule has 1 fully saturated rings. The fourth-order valence-electron chi connectivity index (χ4n) is 6.01. The van der Waals surface area contributed by atoms with E-state index in [4.69, 9.17) is 9.72 Å². The van der Waals surface area contributed by atoms with Crippen LogP contribution >= 0.6 is 15.9 Å². The number of nitrogens with one attached hydrogen (secondary N) is 1. The minimum Gasteiger partial charge on any atom is -0.381 e. The highest BCUT2D eigenvalue weighted by molar-refractivity contribution is 9.10. The van der Waals surface area contributed by atoms with Crippen molar-refractivity contribution in [2.45, 2.75) is 63.1 Å². The Morgan fingerprint density at radius 1 is 1.17 bits per heavy atom. The number of hydrogen-bond donors (Lipinski definition) is 1. The van der Waals surface area contributed by atoms with Crippen molar-refractivity contribution in [2.75, 3.05) is 31.2 Å². The molecule has 1 unspecified atom stereocenters. The number of H-pyrrole nitrogens is 1. The van der Waals surface area contributed by atoms with Gasteiger partial charge in [-0.25, -0.2) is 9.97 Å². The number of hydrogen-bond acceptors (Lipinski definition) is 5. The molecule has 1 N–H and O–H groups in total. The number of ether oxygens (including phenoxy) is 1. The van der Waals surface area contributed by atoms with Crippen LogP contribution in [0.4, 0.5) is 5.69 Å². The Morgan fingerprint density at radius 2 is 2.02 bits per heavy atom. The van der Waals surface area contributed by atoms with E-state index < -0.39 is 10.8 Å². The number of nitrogens with zero attached hydrogens (tertiary/aromatic N) is 4. The molecule has 2 aromatic heterocycles. The fourth-order valence-corrected chi connectivity index (χ4v) is 7.64. The molecular formula is C32H38BrN5O2S. The van der Waals surface area contributed by atoms with Crippen molar-refractivity contribution < 1.29 is 8.95 Å². The molecule has 4 heterocycles. The van der Waals surface area contributed by atoms with Crippen LogP contribution in [0, 0.1) is 12.8 Å². The van der Waals surface area contributed by atoms with Gasteiger partial charge in [-0.05, 0) is 98.6 Å². The van der Waals surface area contributed by atoms with Crippen LogP contribution in [0.3, 0.4) is 0 Å². The lowest BCUT2D eigenvalue weighted by atomic mass is 9.96. The summed E-state index contributed by atoms with van der Waals surface area (Å²) in [5, 5.41) is 0. The third kappa shape index (κ3) is 6.37. The van der Waals surface area contributed by atoms with Gasteiger partial charge in [0, 0.05) is 47.9 Å². The normalized spacial score (nSPS) is 18.5. The van der Waals surface area contributed by atoms with Crippen LogP contribution in [0.15, 0.2) is 52.1 Å². The number of allylic oxidation sites excluding steroid dienone is 1. The Balaban J connectivity index is 1.27. The molecule has 2 aliphatic rings. The number of aromatic nitrogens is 4. The van der Waals surface area contributed by atoms with Crippen molar-refractivity contribution in [2.24, 2.45) is 5.92 Å². The predicted octanol–water partition coefficient (Wildman–Crippen LogP) is 7.12. The van der Waals surface area contributed by atoms with Crippen LogP contribution < -0.4 is 4.90 Å². The summed E-state index contributed by atoms with van der Waals surface area (Å²) in [5.74, 6) is 2.03. The zero-order valence-electron chi connectivity index (χ0n) is 23.9. The molecule has 2 aliphatic heterocycles. The molecule has 9 heteroatoms. The van der Waals surface area contributed by atoms with Crippen molar-refractivity contribution in [3.05, 3.63) is 70.0 Å². The predicted molar refractivity (Wildman–Crippen MR) is 170 cm³/mol. The molecule has 6 rings (SSSR count). The van der Waals surface area contributed by atoms with E-state index in [0.717, 1.165) is 103 Å².